The lowest BCUT2D eigenvalue weighted by molar-refractivity contribution is -0.137. The summed E-state index contributed by atoms with van der Waals surface area (Å²) in [6, 6.07) is 0.135. The van der Waals surface area contributed by atoms with Crippen LogP contribution in [0, 0.1) is 0 Å². The number of hydrogen-bond donors (Lipinski definition) is 3. The zero-order valence-corrected chi connectivity index (χ0v) is 11.9. The van der Waals surface area contributed by atoms with Gasteiger partial charge in [0.2, 0.25) is 0 Å². The van der Waals surface area contributed by atoms with Crippen molar-refractivity contribution in [3.8, 4) is 0 Å². The van der Waals surface area contributed by atoms with Gasteiger partial charge in [0.25, 0.3) is 0 Å². The van der Waals surface area contributed by atoms with Gasteiger partial charge in [0.15, 0.2) is 0 Å². The van der Waals surface area contributed by atoms with Crippen LogP contribution in [0.3, 0.4) is 0 Å². The lowest BCUT2D eigenvalue weighted by Gasteiger charge is -2.19. The van der Waals surface area contributed by atoms with Crippen LogP contribution in [0.2, 0.25) is 0 Å². The molecule has 1 saturated heterocycles. The van der Waals surface area contributed by atoms with Gasteiger partial charge in [0, 0.05) is 12.6 Å². The van der Waals surface area contributed by atoms with E-state index in [9.17, 15) is 9.59 Å². The minimum atomic E-state index is -0.988. The normalized spacial score (nSPS) is 18.6. The lowest BCUT2D eigenvalue weighted by atomic mass is 10.2. The molecule has 1 aliphatic heterocycles. The van der Waals surface area contributed by atoms with Crippen molar-refractivity contribution >= 4 is 12.0 Å². The predicted octanol–water partition coefficient (Wildman–Crippen LogP) is -0.744. The second kappa shape index (κ2) is 7.02. The monoisotopic (exact) mass is 296 g/mol. The largest absolute Gasteiger partial charge is 0.480 e. The summed E-state index contributed by atoms with van der Waals surface area (Å²) in [5, 5.41) is 21.6. The minimum absolute atomic E-state index is 0.214. The number of aromatic nitrogens is 3. The fourth-order valence-corrected chi connectivity index (χ4v) is 2.32. The molecule has 116 valence electrons. The second-order valence-electron chi connectivity index (χ2n) is 5.14. The molecule has 2 amide bonds. The highest BCUT2D eigenvalue weighted by Crippen LogP contribution is 2.13. The highest BCUT2D eigenvalue weighted by Gasteiger charge is 2.20. The van der Waals surface area contributed by atoms with E-state index in [0.29, 0.717) is 18.3 Å². The van der Waals surface area contributed by atoms with Gasteiger partial charge in [0.1, 0.15) is 12.2 Å². The summed E-state index contributed by atoms with van der Waals surface area (Å²) in [5.74, 6) is -0.988. The average Bonchev–Trinajstić information content (AvgIpc) is 3.02. The number of carbonyl (C=O) groups is 2. The summed E-state index contributed by atoms with van der Waals surface area (Å²) < 4.78 is 1.21. The Morgan fingerprint density at radius 2 is 2.29 bits per heavy atom. The molecule has 9 nitrogen and oxygen atoms in total. The molecule has 0 aromatic carbocycles. The lowest BCUT2D eigenvalue weighted by Crippen LogP contribution is -2.42. The van der Waals surface area contributed by atoms with Crippen LogP contribution in [0.25, 0.3) is 0 Å². The molecule has 0 aliphatic carbocycles. The van der Waals surface area contributed by atoms with E-state index in [4.69, 9.17) is 5.11 Å². The van der Waals surface area contributed by atoms with Crippen molar-refractivity contribution in [1.82, 2.24) is 30.5 Å². The molecule has 1 aliphatic rings. The van der Waals surface area contributed by atoms with Gasteiger partial charge in [-0.3, -0.25) is 4.79 Å². The predicted molar refractivity (Wildman–Crippen MR) is 73.5 cm³/mol. The zero-order valence-electron chi connectivity index (χ0n) is 11.9. The number of urea groups is 1. The third-order valence-corrected chi connectivity index (χ3v) is 3.48. The van der Waals surface area contributed by atoms with Gasteiger partial charge in [-0.2, -0.15) is 0 Å². The molecule has 0 spiro atoms. The molecule has 1 aromatic rings. The maximum absolute atomic E-state index is 11.7. The molecule has 9 heteroatoms. The smallest absolute Gasteiger partial charge is 0.325 e. The molecule has 1 fully saturated rings. The summed E-state index contributed by atoms with van der Waals surface area (Å²) in [7, 11) is 2.05. The Balaban J connectivity index is 1.68. The van der Waals surface area contributed by atoms with Gasteiger partial charge >= 0.3 is 12.0 Å². The number of amides is 2. The molecule has 1 unspecified atom stereocenters. The van der Waals surface area contributed by atoms with Crippen molar-refractivity contribution < 1.29 is 14.7 Å². The van der Waals surface area contributed by atoms with Crippen molar-refractivity contribution in [1.29, 1.82) is 0 Å². The topological polar surface area (TPSA) is 112 Å². The van der Waals surface area contributed by atoms with Crippen LogP contribution in [-0.2, 0) is 17.9 Å². The van der Waals surface area contributed by atoms with Gasteiger partial charge in [0.05, 0.1) is 12.7 Å². The Hall–Kier alpha value is -2.16. The second-order valence-corrected chi connectivity index (χ2v) is 5.14. The number of hydrogen-bond acceptors (Lipinski definition) is 5. The van der Waals surface area contributed by atoms with Gasteiger partial charge in [-0.25, -0.2) is 9.48 Å². The van der Waals surface area contributed by atoms with Crippen molar-refractivity contribution in [2.75, 3.05) is 20.1 Å². The van der Waals surface area contributed by atoms with E-state index in [-0.39, 0.29) is 19.1 Å². The molecule has 0 bridgehead atoms. The third kappa shape index (κ3) is 4.71. The molecule has 0 saturated carbocycles. The Kier molecular flexibility index (Phi) is 5.09. The molecular formula is C12H20N6O3. The number of aliphatic carboxylic acids is 1. The number of carboxylic acid groups (broad SMARTS) is 1. The maximum Gasteiger partial charge on any atom is 0.325 e. The van der Waals surface area contributed by atoms with E-state index >= 15 is 0 Å². The molecular weight excluding hydrogens is 276 g/mol. The molecule has 3 N–H and O–H groups in total. The molecule has 2 heterocycles. The highest BCUT2D eigenvalue weighted by molar-refractivity contribution is 5.73. The SMILES string of the molecule is CN1CCCC1CNC(=O)NCc1cn(CC(=O)O)nn1. The summed E-state index contributed by atoms with van der Waals surface area (Å²) in [4.78, 5) is 24.4. The number of rotatable bonds is 6. The number of nitrogens with one attached hydrogen (secondary N) is 2. The van der Waals surface area contributed by atoms with Gasteiger partial charge in [-0.1, -0.05) is 5.21 Å². The first-order valence-corrected chi connectivity index (χ1v) is 6.87. The molecule has 21 heavy (non-hydrogen) atoms. The van der Waals surface area contributed by atoms with E-state index in [1.54, 1.807) is 0 Å². The summed E-state index contributed by atoms with van der Waals surface area (Å²) >= 11 is 0. The Bertz CT molecular complexity index is 503. The van der Waals surface area contributed by atoms with Gasteiger partial charge in [-0.05, 0) is 26.4 Å². The van der Waals surface area contributed by atoms with E-state index in [1.807, 2.05) is 0 Å². The summed E-state index contributed by atoms with van der Waals surface area (Å²) in [5.41, 5.74) is 0.518. The number of carbonyl (C=O) groups excluding carboxylic acids is 1. The zero-order chi connectivity index (χ0) is 15.2. The van der Waals surface area contributed by atoms with Gasteiger partial charge < -0.3 is 20.6 Å². The van der Waals surface area contributed by atoms with Gasteiger partial charge in [-0.15, -0.1) is 5.10 Å². The van der Waals surface area contributed by atoms with Crippen LogP contribution in [0.1, 0.15) is 18.5 Å². The van der Waals surface area contributed by atoms with Crippen LogP contribution in [-0.4, -0.2) is 63.2 Å². The first-order valence-electron chi connectivity index (χ1n) is 6.87. The molecule has 0 radical (unpaired) electrons. The maximum atomic E-state index is 11.7. The van der Waals surface area contributed by atoms with Crippen LogP contribution in [0.4, 0.5) is 4.79 Å². The number of carboxylic acids is 1. The van der Waals surface area contributed by atoms with Crippen molar-refractivity contribution in [2.45, 2.75) is 32.0 Å². The Morgan fingerprint density at radius 1 is 1.48 bits per heavy atom. The number of likely N-dealkylation sites (tertiary alicyclic amines) is 1. The van der Waals surface area contributed by atoms with Crippen LogP contribution in [0.15, 0.2) is 6.20 Å². The standard InChI is InChI=1S/C12H20N6O3/c1-17-4-2-3-10(17)6-14-12(21)13-5-9-7-18(16-15-9)8-11(19)20/h7,10H,2-6,8H2,1H3,(H,19,20)(H2,13,14,21). The van der Waals surface area contributed by atoms with E-state index in [1.165, 1.54) is 10.9 Å². The molecule has 2 rings (SSSR count). The average molecular weight is 296 g/mol. The number of nitrogens with zero attached hydrogens (tertiary/aromatic N) is 4. The van der Waals surface area contributed by atoms with Crippen LogP contribution < -0.4 is 10.6 Å². The first kappa shape index (κ1) is 15.2. The van der Waals surface area contributed by atoms with Crippen molar-refractivity contribution in [3.05, 3.63) is 11.9 Å². The Morgan fingerprint density at radius 3 is 2.95 bits per heavy atom. The fourth-order valence-electron chi connectivity index (χ4n) is 2.32. The van der Waals surface area contributed by atoms with Crippen LogP contribution in [0.5, 0.6) is 0 Å². The van der Waals surface area contributed by atoms with Crippen molar-refractivity contribution in [2.24, 2.45) is 0 Å². The number of likely N-dealkylation sites (N-methyl/N-ethyl adjacent to an activating group) is 1. The summed E-state index contributed by atoms with van der Waals surface area (Å²) in [6.07, 6.45) is 3.76. The quantitative estimate of drug-likeness (QED) is 0.637. The van der Waals surface area contributed by atoms with E-state index < -0.39 is 5.97 Å². The minimum Gasteiger partial charge on any atom is -0.480 e. The summed E-state index contributed by atoms with van der Waals surface area (Å²) in [6.45, 7) is 1.66. The fraction of sp³-hybridized carbons (Fsp3) is 0.667. The molecule has 1 atom stereocenters. The van der Waals surface area contributed by atoms with E-state index in [0.717, 1.165) is 19.4 Å². The van der Waals surface area contributed by atoms with Crippen molar-refractivity contribution in [3.63, 3.8) is 0 Å². The van der Waals surface area contributed by atoms with E-state index in [2.05, 4.69) is 32.9 Å². The first-order chi connectivity index (χ1) is 10.0. The Labute approximate surface area is 122 Å². The highest BCUT2D eigenvalue weighted by atomic mass is 16.4. The van der Waals surface area contributed by atoms with Crippen LogP contribution >= 0.6 is 0 Å². The third-order valence-electron chi connectivity index (χ3n) is 3.48. The molecule has 1 aromatic heterocycles.